The van der Waals surface area contributed by atoms with Gasteiger partial charge in [-0.25, -0.2) is 9.97 Å². The molecule has 154 valence electrons. The number of aromatic nitrogens is 4. The summed E-state index contributed by atoms with van der Waals surface area (Å²) in [6.45, 7) is 0.742. The molecule has 0 spiro atoms. The van der Waals surface area contributed by atoms with Gasteiger partial charge in [0.25, 0.3) is 0 Å². The van der Waals surface area contributed by atoms with E-state index in [1.807, 2.05) is 0 Å². The van der Waals surface area contributed by atoms with E-state index in [-0.39, 0.29) is 11.6 Å². The Balaban J connectivity index is 1.83. The molecule has 2 aliphatic rings. The average Bonchev–Trinajstić information content (AvgIpc) is 3.22. The fraction of sp³-hybridized carbons (Fsp3) is 0.667. The van der Waals surface area contributed by atoms with E-state index in [2.05, 4.69) is 15.0 Å². The zero-order valence-corrected chi connectivity index (χ0v) is 14.5. The molecular weight excluding hydrogens is 387 g/mol. The fourth-order valence-corrected chi connectivity index (χ4v) is 3.30. The first-order valence-electron chi connectivity index (χ1n) is 8.58. The van der Waals surface area contributed by atoms with E-state index in [4.69, 9.17) is 9.47 Å². The summed E-state index contributed by atoms with van der Waals surface area (Å²) in [5.41, 5.74) is -1.90. The van der Waals surface area contributed by atoms with Crippen molar-refractivity contribution in [3.05, 3.63) is 12.0 Å². The zero-order chi connectivity index (χ0) is 20.1. The molecule has 1 unspecified atom stereocenters. The summed E-state index contributed by atoms with van der Waals surface area (Å²) < 4.78 is 52.4. The van der Waals surface area contributed by atoms with Gasteiger partial charge in [0.1, 0.15) is 23.8 Å². The third-order valence-corrected chi connectivity index (χ3v) is 4.76. The van der Waals surface area contributed by atoms with E-state index >= 15 is 0 Å². The number of anilines is 1. The number of aliphatic hydroxyl groups excluding tert-OH is 3. The lowest BCUT2D eigenvalue weighted by Crippen LogP contribution is -2.38. The summed E-state index contributed by atoms with van der Waals surface area (Å²) in [6, 6.07) is 0. The lowest BCUT2D eigenvalue weighted by atomic mass is 10.1. The predicted octanol–water partition coefficient (Wildman–Crippen LogP) is -0.707. The first-order valence-corrected chi connectivity index (χ1v) is 8.58. The number of imidazole rings is 1. The molecule has 4 heterocycles. The van der Waals surface area contributed by atoms with Gasteiger partial charge in [0.2, 0.25) is 5.95 Å². The van der Waals surface area contributed by atoms with E-state index in [0.29, 0.717) is 26.3 Å². The van der Waals surface area contributed by atoms with Gasteiger partial charge in [-0.15, -0.1) is 0 Å². The van der Waals surface area contributed by atoms with Crippen molar-refractivity contribution in [2.45, 2.75) is 30.7 Å². The van der Waals surface area contributed by atoms with Gasteiger partial charge in [-0.05, 0) is 0 Å². The average molecular weight is 405 g/mol. The lowest BCUT2D eigenvalue weighted by molar-refractivity contribution is -0.139. The first kappa shape index (κ1) is 19.3. The lowest BCUT2D eigenvalue weighted by Gasteiger charge is -2.27. The van der Waals surface area contributed by atoms with Gasteiger partial charge in [0.05, 0.1) is 26.1 Å². The van der Waals surface area contributed by atoms with Crippen LogP contribution in [0.1, 0.15) is 11.9 Å². The van der Waals surface area contributed by atoms with Crippen molar-refractivity contribution < 1.29 is 38.0 Å². The van der Waals surface area contributed by atoms with Crippen LogP contribution in [0.3, 0.4) is 0 Å². The Labute approximate surface area is 156 Å². The zero-order valence-electron chi connectivity index (χ0n) is 14.5. The summed E-state index contributed by atoms with van der Waals surface area (Å²) in [5, 5.41) is 29.4. The van der Waals surface area contributed by atoms with Crippen molar-refractivity contribution in [2.75, 3.05) is 37.8 Å². The molecule has 2 fully saturated rings. The molecule has 2 aromatic rings. The second-order valence-electron chi connectivity index (χ2n) is 6.52. The van der Waals surface area contributed by atoms with Crippen molar-refractivity contribution in [3.63, 3.8) is 0 Å². The molecule has 0 amide bonds. The van der Waals surface area contributed by atoms with Crippen molar-refractivity contribution in [1.82, 2.24) is 19.5 Å². The Bertz CT molecular complexity index is 856. The molecule has 2 aromatic heterocycles. The fourth-order valence-electron chi connectivity index (χ4n) is 3.30. The van der Waals surface area contributed by atoms with E-state index in [1.165, 1.54) is 0 Å². The minimum atomic E-state index is -4.77. The van der Waals surface area contributed by atoms with Gasteiger partial charge in [-0.2, -0.15) is 18.2 Å². The van der Waals surface area contributed by atoms with Crippen LogP contribution in [0.15, 0.2) is 6.33 Å². The number of rotatable bonds is 3. The summed E-state index contributed by atoms with van der Waals surface area (Å²) in [5.74, 6) is -0.142. The quantitative estimate of drug-likeness (QED) is 0.607. The second-order valence-corrected chi connectivity index (χ2v) is 6.52. The Morgan fingerprint density at radius 1 is 1.14 bits per heavy atom. The maximum atomic E-state index is 13.6. The predicted molar refractivity (Wildman–Crippen MR) is 86.4 cm³/mol. The molecule has 0 aliphatic carbocycles. The largest absolute Gasteiger partial charge is 0.435 e. The Hall–Kier alpha value is -2.06. The second kappa shape index (κ2) is 7.08. The Morgan fingerprint density at radius 3 is 2.46 bits per heavy atom. The number of hydrogen-bond donors (Lipinski definition) is 3. The van der Waals surface area contributed by atoms with Crippen LogP contribution in [-0.2, 0) is 15.7 Å². The minimum Gasteiger partial charge on any atom is -0.394 e. The standard InChI is InChI=1S/C15H18F3N5O5/c16-15(17,18)11-8-12(21-14(20-11)22-1-3-27-4-2-22)23(6-19-8)13-10(26)9(25)7(5-24)28-13/h6-7,9-10,13,24-26H,1-5H2/t7-,9-,10-,13?/m1/s1. The summed E-state index contributed by atoms with van der Waals surface area (Å²) in [4.78, 5) is 13.2. The molecule has 3 N–H and O–H groups in total. The van der Waals surface area contributed by atoms with E-state index < -0.39 is 48.5 Å². The number of alkyl halides is 3. The van der Waals surface area contributed by atoms with Gasteiger partial charge in [0, 0.05) is 13.1 Å². The van der Waals surface area contributed by atoms with Crippen LogP contribution in [0.5, 0.6) is 0 Å². The topological polar surface area (TPSA) is 126 Å². The monoisotopic (exact) mass is 405 g/mol. The highest BCUT2D eigenvalue weighted by atomic mass is 19.4. The first-order chi connectivity index (χ1) is 13.3. The molecule has 10 nitrogen and oxygen atoms in total. The summed E-state index contributed by atoms with van der Waals surface area (Å²) >= 11 is 0. The van der Waals surface area contributed by atoms with Crippen molar-refractivity contribution in [3.8, 4) is 0 Å². The molecule has 13 heteroatoms. The van der Waals surface area contributed by atoms with Crippen LogP contribution in [0.4, 0.5) is 19.1 Å². The van der Waals surface area contributed by atoms with Crippen LogP contribution >= 0.6 is 0 Å². The van der Waals surface area contributed by atoms with Crippen LogP contribution in [0, 0.1) is 0 Å². The number of hydrogen-bond acceptors (Lipinski definition) is 9. The van der Waals surface area contributed by atoms with Crippen LogP contribution in [0.2, 0.25) is 0 Å². The highest BCUT2D eigenvalue weighted by Crippen LogP contribution is 2.36. The Morgan fingerprint density at radius 2 is 1.86 bits per heavy atom. The van der Waals surface area contributed by atoms with Gasteiger partial charge < -0.3 is 29.7 Å². The van der Waals surface area contributed by atoms with E-state index in [9.17, 15) is 28.5 Å². The van der Waals surface area contributed by atoms with Gasteiger partial charge in [-0.1, -0.05) is 0 Å². The smallest absolute Gasteiger partial charge is 0.394 e. The molecule has 2 aliphatic heterocycles. The summed E-state index contributed by atoms with van der Waals surface area (Å²) in [7, 11) is 0. The van der Waals surface area contributed by atoms with Crippen LogP contribution in [0.25, 0.3) is 11.2 Å². The van der Waals surface area contributed by atoms with Gasteiger partial charge in [-0.3, -0.25) is 4.57 Å². The third-order valence-electron chi connectivity index (χ3n) is 4.76. The minimum absolute atomic E-state index is 0.142. The summed E-state index contributed by atoms with van der Waals surface area (Å²) in [6.07, 6.45) is -8.96. The molecule has 4 rings (SSSR count). The number of fused-ring (bicyclic) bond motifs is 1. The maximum Gasteiger partial charge on any atom is 0.435 e. The van der Waals surface area contributed by atoms with Crippen molar-refractivity contribution in [1.29, 1.82) is 0 Å². The molecule has 0 bridgehead atoms. The van der Waals surface area contributed by atoms with Crippen molar-refractivity contribution in [2.24, 2.45) is 0 Å². The van der Waals surface area contributed by atoms with Gasteiger partial charge in [0.15, 0.2) is 17.6 Å². The number of ether oxygens (including phenoxy) is 2. The number of halogens is 3. The van der Waals surface area contributed by atoms with Crippen LogP contribution < -0.4 is 4.90 Å². The van der Waals surface area contributed by atoms with Gasteiger partial charge >= 0.3 is 6.18 Å². The number of aliphatic hydroxyl groups is 3. The normalized spacial score (nSPS) is 29.0. The van der Waals surface area contributed by atoms with Crippen LogP contribution in [-0.4, -0.2) is 86.1 Å². The SMILES string of the molecule is OC[C@H]1OC(n2cnc3c(C(F)(F)F)nc(N4CCOCC4)nc32)[C@H](O)[C@@H]1O. The molecule has 0 radical (unpaired) electrons. The highest BCUT2D eigenvalue weighted by Gasteiger charge is 2.45. The number of nitrogens with zero attached hydrogens (tertiary/aromatic N) is 5. The highest BCUT2D eigenvalue weighted by molar-refractivity contribution is 5.76. The molecule has 4 atom stereocenters. The van der Waals surface area contributed by atoms with E-state index in [0.717, 1.165) is 10.9 Å². The van der Waals surface area contributed by atoms with Crippen molar-refractivity contribution >= 4 is 17.1 Å². The Kier molecular flexibility index (Phi) is 4.87. The third kappa shape index (κ3) is 3.18. The molecule has 0 aromatic carbocycles. The molecule has 0 saturated carbocycles. The molecular formula is C15H18F3N5O5. The maximum absolute atomic E-state index is 13.6. The molecule has 2 saturated heterocycles. The number of morpholine rings is 1. The molecule has 28 heavy (non-hydrogen) atoms. The van der Waals surface area contributed by atoms with E-state index in [1.54, 1.807) is 4.90 Å².